The van der Waals surface area contributed by atoms with E-state index in [1.54, 1.807) is 11.3 Å². The second-order valence-corrected chi connectivity index (χ2v) is 5.32. The fraction of sp³-hybridized carbons (Fsp3) is 0.364. The minimum Gasteiger partial charge on any atom is -0.355 e. The molecule has 0 aliphatic heterocycles. The van der Waals surface area contributed by atoms with Crippen LogP contribution < -0.4 is 5.32 Å². The maximum atomic E-state index is 5.29. The molecule has 0 aliphatic carbocycles. The first kappa shape index (κ1) is 11.8. The van der Waals surface area contributed by atoms with Gasteiger partial charge in [0.1, 0.15) is 0 Å². The van der Waals surface area contributed by atoms with E-state index >= 15 is 0 Å². The van der Waals surface area contributed by atoms with Crippen molar-refractivity contribution in [1.82, 2.24) is 10.5 Å². The molecule has 86 valence electrons. The molecule has 0 aliphatic rings. The van der Waals surface area contributed by atoms with Gasteiger partial charge in [-0.1, -0.05) is 12.1 Å². The van der Waals surface area contributed by atoms with Crippen molar-refractivity contribution in [1.29, 1.82) is 0 Å². The van der Waals surface area contributed by atoms with E-state index < -0.39 is 0 Å². The van der Waals surface area contributed by atoms with E-state index in [1.807, 2.05) is 17.5 Å². The third kappa shape index (κ3) is 2.93. The van der Waals surface area contributed by atoms with Gasteiger partial charge in [0.2, 0.25) is 0 Å². The van der Waals surface area contributed by atoms with Crippen LogP contribution >= 0.6 is 27.3 Å². The van der Waals surface area contributed by atoms with Crippen molar-refractivity contribution in [2.45, 2.75) is 19.9 Å². The van der Waals surface area contributed by atoms with Crippen LogP contribution in [0.2, 0.25) is 0 Å². The molecule has 2 rings (SSSR count). The van der Waals surface area contributed by atoms with Gasteiger partial charge in [0.15, 0.2) is 5.76 Å². The summed E-state index contributed by atoms with van der Waals surface area (Å²) in [6.07, 6.45) is 1.13. The maximum Gasteiger partial charge on any atom is 0.177 e. The lowest BCUT2D eigenvalue weighted by atomic mass is 10.3. The van der Waals surface area contributed by atoms with Gasteiger partial charge in [0.25, 0.3) is 0 Å². The third-order valence-corrected chi connectivity index (χ3v) is 3.81. The molecule has 16 heavy (non-hydrogen) atoms. The molecule has 0 radical (unpaired) electrons. The molecule has 5 heteroatoms. The van der Waals surface area contributed by atoms with Crippen molar-refractivity contribution in [3.63, 3.8) is 0 Å². The molecule has 0 fully saturated rings. The van der Waals surface area contributed by atoms with Gasteiger partial charge >= 0.3 is 0 Å². The highest BCUT2D eigenvalue weighted by atomic mass is 79.9. The Kier molecular flexibility index (Phi) is 4.15. The summed E-state index contributed by atoms with van der Waals surface area (Å²) in [5, 5.41) is 9.36. The zero-order chi connectivity index (χ0) is 11.4. The van der Waals surface area contributed by atoms with Crippen molar-refractivity contribution in [2.75, 3.05) is 6.54 Å². The van der Waals surface area contributed by atoms with Crippen LogP contribution in [-0.4, -0.2) is 11.7 Å². The van der Waals surface area contributed by atoms with Gasteiger partial charge in [-0.2, -0.15) is 0 Å². The van der Waals surface area contributed by atoms with Crippen molar-refractivity contribution < 1.29 is 4.52 Å². The molecule has 2 aromatic heterocycles. The summed E-state index contributed by atoms with van der Waals surface area (Å²) >= 11 is 5.07. The summed E-state index contributed by atoms with van der Waals surface area (Å²) in [6, 6.07) is 4.02. The van der Waals surface area contributed by atoms with E-state index in [0.717, 1.165) is 40.3 Å². The van der Waals surface area contributed by atoms with Gasteiger partial charge in [-0.15, -0.1) is 11.3 Å². The Labute approximate surface area is 107 Å². The first-order chi connectivity index (χ1) is 7.79. The monoisotopic (exact) mass is 300 g/mol. The molecule has 0 saturated carbocycles. The molecule has 3 nitrogen and oxygen atoms in total. The van der Waals surface area contributed by atoms with Crippen LogP contribution in [0.15, 0.2) is 26.5 Å². The Bertz CT molecular complexity index is 452. The molecular weight excluding hydrogens is 288 g/mol. The smallest absolute Gasteiger partial charge is 0.177 e. The Morgan fingerprint density at radius 2 is 2.38 bits per heavy atom. The largest absolute Gasteiger partial charge is 0.355 e. The highest BCUT2D eigenvalue weighted by Crippen LogP contribution is 2.30. The summed E-state index contributed by atoms with van der Waals surface area (Å²) in [5.74, 6) is 0.837. The number of hydrogen-bond donors (Lipinski definition) is 1. The molecule has 0 bridgehead atoms. The van der Waals surface area contributed by atoms with Crippen molar-refractivity contribution >= 4 is 27.3 Å². The van der Waals surface area contributed by atoms with Gasteiger partial charge in [-0.05, 0) is 35.0 Å². The summed E-state index contributed by atoms with van der Waals surface area (Å²) < 4.78 is 6.37. The molecule has 0 amide bonds. The number of rotatable bonds is 5. The molecule has 1 N–H and O–H groups in total. The summed E-state index contributed by atoms with van der Waals surface area (Å²) in [5.41, 5.74) is 0.952. The fourth-order valence-electron chi connectivity index (χ4n) is 1.35. The standard InChI is InChI=1S/C11H13BrN2OS/c1-2-3-13-6-9-5-10(15-14-9)11-4-8(12)7-16-11/h4-5,7,13H,2-3,6H2,1H3. The lowest BCUT2D eigenvalue weighted by molar-refractivity contribution is 0.421. The third-order valence-electron chi connectivity index (χ3n) is 2.10. The van der Waals surface area contributed by atoms with Crippen LogP contribution in [0.25, 0.3) is 10.6 Å². The number of halogens is 1. The second kappa shape index (κ2) is 5.61. The SMILES string of the molecule is CCCNCc1cc(-c2cc(Br)cs2)on1. The van der Waals surface area contributed by atoms with Crippen LogP contribution in [0.3, 0.4) is 0 Å². The minimum atomic E-state index is 0.768. The lowest BCUT2D eigenvalue weighted by Crippen LogP contribution is -2.13. The molecule has 0 atom stereocenters. The van der Waals surface area contributed by atoms with Crippen molar-refractivity contribution in [2.24, 2.45) is 0 Å². The zero-order valence-electron chi connectivity index (χ0n) is 9.00. The fourth-order valence-corrected chi connectivity index (χ4v) is 2.72. The van der Waals surface area contributed by atoms with Crippen LogP contribution in [0.1, 0.15) is 19.0 Å². The Balaban J connectivity index is 2.02. The molecule has 2 aromatic rings. The van der Waals surface area contributed by atoms with Crippen molar-refractivity contribution in [3.05, 3.63) is 27.7 Å². The topological polar surface area (TPSA) is 38.1 Å². The van der Waals surface area contributed by atoms with E-state index in [0.29, 0.717) is 0 Å². The predicted molar refractivity (Wildman–Crippen MR) is 69.5 cm³/mol. The number of nitrogens with zero attached hydrogens (tertiary/aromatic N) is 1. The van der Waals surface area contributed by atoms with Crippen LogP contribution in [0.5, 0.6) is 0 Å². The first-order valence-corrected chi connectivity index (χ1v) is 6.87. The van der Waals surface area contributed by atoms with Crippen LogP contribution in [-0.2, 0) is 6.54 Å². The number of thiophene rings is 1. The molecular formula is C11H13BrN2OS. The molecule has 0 unspecified atom stereocenters. The van der Waals surface area contributed by atoms with E-state index in [-0.39, 0.29) is 0 Å². The second-order valence-electron chi connectivity index (χ2n) is 3.49. The summed E-state index contributed by atoms with van der Waals surface area (Å²) in [4.78, 5) is 1.10. The molecule has 0 spiro atoms. The lowest BCUT2D eigenvalue weighted by Gasteiger charge is -1.96. The molecule has 2 heterocycles. The van der Waals surface area contributed by atoms with Gasteiger partial charge in [-0.3, -0.25) is 0 Å². The van der Waals surface area contributed by atoms with E-state index in [2.05, 4.69) is 33.3 Å². The predicted octanol–water partition coefficient (Wildman–Crippen LogP) is 3.67. The van der Waals surface area contributed by atoms with E-state index in [4.69, 9.17) is 4.52 Å². The molecule has 0 saturated heterocycles. The van der Waals surface area contributed by atoms with E-state index in [1.165, 1.54) is 0 Å². The summed E-state index contributed by atoms with van der Waals surface area (Å²) in [7, 11) is 0. The Morgan fingerprint density at radius 1 is 1.50 bits per heavy atom. The van der Waals surface area contributed by atoms with Gasteiger partial charge < -0.3 is 9.84 Å². The average Bonchev–Trinajstić information content (AvgIpc) is 2.87. The first-order valence-electron chi connectivity index (χ1n) is 5.20. The maximum absolute atomic E-state index is 5.29. The average molecular weight is 301 g/mol. The number of hydrogen-bond acceptors (Lipinski definition) is 4. The minimum absolute atomic E-state index is 0.768. The number of aromatic nitrogens is 1. The van der Waals surface area contributed by atoms with Gasteiger partial charge in [0.05, 0.1) is 10.6 Å². The van der Waals surface area contributed by atoms with Crippen molar-refractivity contribution in [3.8, 4) is 10.6 Å². The molecule has 0 aromatic carbocycles. The quantitative estimate of drug-likeness (QED) is 0.856. The Hall–Kier alpha value is -0.650. The summed E-state index contributed by atoms with van der Waals surface area (Å²) in [6.45, 7) is 3.92. The van der Waals surface area contributed by atoms with E-state index in [9.17, 15) is 0 Å². The normalized spacial score (nSPS) is 10.9. The highest BCUT2D eigenvalue weighted by molar-refractivity contribution is 9.10. The number of nitrogens with one attached hydrogen (secondary N) is 1. The van der Waals surface area contributed by atoms with Gasteiger partial charge in [-0.25, -0.2) is 0 Å². The van der Waals surface area contributed by atoms with Gasteiger partial charge in [0, 0.05) is 22.5 Å². The van der Waals surface area contributed by atoms with Crippen LogP contribution in [0.4, 0.5) is 0 Å². The Morgan fingerprint density at radius 3 is 3.06 bits per heavy atom. The zero-order valence-corrected chi connectivity index (χ0v) is 11.4. The highest BCUT2D eigenvalue weighted by Gasteiger charge is 2.08. The van der Waals surface area contributed by atoms with Crippen LogP contribution in [0, 0.1) is 0 Å².